The molecule has 2 aromatic rings. The maximum atomic E-state index is 10.1. The van der Waals surface area contributed by atoms with Gasteiger partial charge in [0.2, 0.25) is 5.17 Å². The number of nitrogens with zero attached hydrogens (tertiary/aromatic N) is 5. The Morgan fingerprint density at radius 2 is 1.86 bits per heavy atom. The number of hydrogen-bond acceptors (Lipinski definition) is 8. The highest BCUT2D eigenvalue weighted by atomic mass is 32.2. The molecular formula is C29H39N5S3. The lowest BCUT2D eigenvalue weighted by Gasteiger charge is -2.19. The van der Waals surface area contributed by atoms with Gasteiger partial charge >= 0.3 is 0 Å². The van der Waals surface area contributed by atoms with E-state index in [2.05, 4.69) is 50.7 Å². The van der Waals surface area contributed by atoms with E-state index in [0.717, 1.165) is 63.1 Å². The predicted octanol–water partition coefficient (Wildman–Crippen LogP) is 9.89. The Balaban J connectivity index is 1.93. The Bertz CT molecular complexity index is 1140. The Labute approximate surface area is 235 Å². The summed E-state index contributed by atoms with van der Waals surface area (Å²) in [6.45, 7) is 12.7. The predicted molar refractivity (Wildman–Crippen MR) is 166 cm³/mol. The molecule has 198 valence electrons. The first kappa shape index (κ1) is 29.5. The number of hydrogen-bond donors (Lipinski definition) is 0. The van der Waals surface area contributed by atoms with Gasteiger partial charge in [-0.3, -0.25) is 0 Å². The zero-order valence-electron chi connectivity index (χ0n) is 22.8. The van der Waals surface area contributed by atoms with E-state index in [1.807, 2.05) is 42.1 Å². The molecule has 8 heteroatoms. The Morgan fingerprint density at radius 3 is 2.49 bits per heavy atom. The van der Waals surface area contributed by atoms with Crippen molar-refractivity contribution in [2.24, 2.45) is 21.1 Å². The molecule has 0 saturated heterocycles. The van der Waals surface area contributed by atoms with Gasteiger partial charge in [-0.05, 0) is 43.7 Å². The standard InChI is InChI=1S/C29H39N5S3/c1-6-11-15-21(7-2)19-35-26-22(8-3)20-36-29(31-26)33-32-27-25(23-16-13-12-14-17-23)24(18-30)28(37-27)34(9-4)10-5/h12-14,16-17,21H,6-11,15,19-20H2,1-5H3. The summed E-state index contributed by atoms with van der Waals surface area (Å²) in [6, 6.07) is 12.5. The van der Waals surface area contributed by atoms with E-state index in [4.69, 9.17) is 10.1 Å². The highest BCUT2D eigenvalue weighted by Crippen LogP contribution is 2.47. The second-order valence-electron chi connectivity index (χ2n) is 8.99. The SMILES string of the molecule is CCCCC(CC)CSC1=C(CC)CSC(N=Nc2sc(N(CC)CC)c(C#N)c2-c2ccccc2)=N1. The number of amidine groups is 1. The summed E-state index contributed by atoms with van der Waals surface area (Å²) < 4.78 is 0. The van der Waals surface area contributed by atoms with Crippen LogP contribution in [0.25, 0.3) is 11.1 Å². The van der Waals surface area contributed by atoms with Crippen LogP contribution in [0, 0.1) is 17.2 Å². The first-order chi connectivity index (χ1) is 18.1. The molecule has 0 N–H and O–H groups in total. The van der Waals surface area contributed by atoms with Crippen molar-refractivity contribution in [3.05, 3.63) is 46.5 Å². The van der Waals surface area contributed by atoms with Crippen molar-refractivity contribution in [2.75, 3.05) is 29.5 Å². The number of anilines is 1. The largest absolute Gasteiger partial charge is 0.363 e. The van der Waals surface area contributed by atoms with Gasteiger partial charge in [0.15, 0.2) is 0 Å². The average molecular weight is 554 g/mol. The fourth-order valence-electron chi connectivity index (χ4n) is 4.22. The Morgan fingerprint density at radius 1 is 1.11 bits per heavy atom. The number of thioether (sulfide) groups is 2. The van der Waals surface area contributed by atoms with Crippen LogP contribution in [-0.4, -0.2) is 29.8 Å². The molecule has 2 heterocycles. The molecule has 1 unspecified atom stereocenters. The van der Waals surface area contributed by atoms with Gasteiger partial charge in [-0.2, -0.15) is 5.26 Å². The van der Waals surface area contributed by atoms with Crippen molar-refractivity contribution < 1.29 is 0 Å². The van der Waals surface area contributed by atoms with Crippen molar-refractivity contribution in [2.45, 2.75) is 66.7 Å². The van der Waals surface area contributed by atoms with Crippen LogP contribution in [-0.2, 0) is 0 Å². The van der Waals surface area contributed by atoms with Gasteiger partial charge in [0.05, 0.1) is 10.6 Å². The normalized spacial score (nSPS) is 14.6. The molecule has 5 nitrogen and oxygen atoms in total. The summed E-state index contributed by atoms with van der Waals surface area (Å²) in [7, 11) is 0. The van der Waals surface area contributed by atoms with Gasteiger partial charge in [0.25, 0.3) is 0 Å². The highest BCUT2D eigenvalue weighted by Gasteiger charge is 2.23. The van der Waals surface area contributed by atoms with E-state index in [-0.39, 0.29) is 0 Å². The molecule has 3 rings (SSSR count). The molecule has 0 saturated carbocycles. The zero-order valence-corrected chi connectivity index (χ0v) is 25.2. The van der Waals surface area contributed by atoms with Gasteiger partial charge in [-0.1, -0.05) is 93.5 Å². The summed E-state index contributed by atoms with van der Waals surface area (Å²) in [4.78, 5) is 7.16. The molecule has 0 aliphatic carbocycles. The summed E-state index contributed by atoms with van der Waals surface area (Å²) in [6.07, 6.45) is 6.06. The fraction of sp³-hybridized carbons (Fsp3) is 0.517. The second-order valence-corrected chi connectivity index (χ2v) is 11.9. The number of unbranched alkanes of at least 4 members (excludes halogenated alkanes) is 1. The van der Waals surface area contributed by atoms with Crippen molar-refractivity contribution in [1.29, 1.82) is 5.26 Å². The summed E-state index contributed by atoms with van der Waals surface area (Å²) >= 11 is 5.09. The van der Waals surface area contributed by atoms with Crippen LogP contribution < -0.4 is 4.90 Å². The lowest BCUT2D eigenvalue weighted by Crippen LogP contribution is -2.21. The van der Waals surface area contributed by atoms with Gasteiger partial charge < -0.3 is 4.90 Å². The van der Waals surface area contributed by atoms with Crippen molar-refractivity contribution in [3.63, 3.8) is 0 Å². The minimum atomic E-state index is 0.675. The molecule has 1 aromatic heterocycles. The molecule has 1 atom stereocenters. The van der Waals surface area contributed by atoms with Crippen LogP contribution in [0.3, 0.4) is 0 Å². The molecule has 1 aliphatic rings. The van der Waals surface area contributed by atoms with Crippen molar-refractivity contribution in [3.8, 4) is 17.2 Å². The molecule has 0 radical (unpaired) electrons. The smallest absolute Gasteiger partial charge is 0.210 e. The monoisotopic (exact) mass is 553 g/mol. The van der Waals surface area contributed by atoms with Gasteiger partial charge in [0, 0.05) is 30.2 Å². The van der Waals surface area contributed by atoms with Crippen LogP contribution in [0.1, 0.15) is 72.3 Å². The Kier molecular flexibility index (Phi) is 12.2. The van der Waals surface area contributed by atoms with Crippen molar-refractivity contribution in [1.82, 2.24) is 0 Å². The first-order valence-corrected chi connectivity index (χ1v) is 16.2. The molecule has 1 aromatic carbocycles. The van der Waals surface area contributed by atoms with Crippen LogP contribution in [0.2, 0.25) is 0 Å². The van der Waals surface area contributed by atoms with E-state index < -0.39 is 0 Å². The quantitative estimate of drug-likeness (QED) is 0.232. The van der Waals surface area contributed by atoms with E-state index in [9.17, 15) is 5.26 Å². The summed E-state index contributed by atoms with van der Waals surface area (Å²) in [5, 5.41) is 23.0. The van der Waals surface area contributed by atoms with E-state index in [1.54, 1.807) is 23.1 Å². The number of rotatable bonds is 13. The van der Waals surface area contributed by atoms with Crippen LogP contribution in [0.5, 0.6) is 0 Å². The van der Waals surface area contributed by atoms with E-state index in [1.165, 1.54) is 31.3 Å². The fourth-order valence-corrected chi connectivity index (χ4v) is 7.86. The third-order valence-corrected chi connectivity index (χ3v) is 9.97. The number of azo groups is 1. The number of nitriles is 1. The number of benzene rings is 1. The second kappa shape index (κ2) is 15.4. The molecule has 0 bridgehead atoms. The van der Waals surface area contributed by atoms with Gasteiger partial charge in [0.1, 0.15) is 16.1 Å². The molecule has 0 amide bonds. The maximum absolute atomic E-state index is 10.1. The molecule has 0 fully saturated rings. The lowest BCUT2D eigenvalue weighted by atomic mass is 10.0. The third-order valence-electron chi connectivity index (χ3n) is 6.62. The topological polar surface area (TPSA) is 64.1 Å². The van der Waals surface area contributed by atoms with E-state index in [0.29, 0.717) is 10.7 Å². The Hall–Kier alpha value is -2.08. The average Bonchev–Trinajstić information content (AvgIpc) is 3.31. The molecule has 37 heavy (non-hydrogen) atoms. The van der Waals surface area contributed by atoms with Crippen molar-refractivity contribution >= 4 is 50.0 Å². The maximum Gasteiger partial charge on any atom is 0.210 e. The van der Waals surface area contributed by atoms with Crippen LogP contribution in [0.15, 0.2) is 56.2 Å². The summed E-state index contributed by atoms with van der Waals surface area (Å²) in [5.41, 5.74) is 3.93. The minimum Gasteiger partial charge on any atom is -0.363 e. The van der Waals surface area contributed by atoms with Gasteiger partial charge in [-0.15, -0.1) is 22.0 Å². The van der Waals surface area contributed by atoms with E-state index >= 15 is 0 Å². The molecular weight excluding hydrogens is 515 g/mol. The third kappa shape index (κ3) is 7.72. The molecule has 1 aliphatic heterocycles. The van der Waals surface area contributed by atoms with Gasteiger partial charge in [-0.25, -0.2) is 4.99 Å². The first-order valence-electron chi connectivity index (χ1n) is 13.4. The zero-order chi connectivity index (χ0) is 26.6. The van der Waals surface area contributed by atoms with Crippen LogP contribution in [0.4, 0.5) is 10.0 Å². The number of aliphatic imine (C=N–C) groups is 1. The summed E-state index contributed by atoms with van der Waals surface area (Å²) in [5.74, 6) is 2.75. The minimum absolute atomic E-state index is 0.675. The lowest BCUT2D eigenvalue weighted by molar-refractivity contribution is 0.500. The van der Waals surface area contributed by atoms with Crippen LogP contribution >= 0.6 is 34.9 Å². The highest BCUT2D eigenvalue weighted by molar-refractivity contribution is 8.14. The molecule has 0 spiro atoms. The number of thiophene rings is 1.